The summed E-state index contributed by atoms with van der Waals surface area (Å²) < 4.78 is 2.33. The van der Waals surface area contributed by atoms with Crippen LogP contribution in [0, 0.1) is 3.57 Å². The minimum atomic E-state index is 0.0314. The number of fused-ring (bicyclic) bond motifs is 1. The van der Waals surface area contributed by atoms with Crippen molar-refractivity contribution >= 4 is 61.3 Å². The van der Waals surface area contributed by atoms with Gasteiger partial charge >= 0.3 is 0 Å². The van der Waals surface area contributed by atoms with E-state index in [9.17, 15) is 4.79 Å². The summed E-state index contributed by atoms with van der Waals surface area (Å²) in [4.78, 5) is 12.8. The molecule has 0 aliphatic heterocycles. The maximum absolute atomic E-state index is 12.0. The van der Waals surface area contributed by atoms with Crippen molar-refractivity contribution in [1.82, 2.24) is 5.32 Å². The molecular formula is C15H12INOS2. The lowest BCUT2D eigenvalue weighted by atomic mass is 10.1. The van der Waals surface area contributed by atoms with Crippen LogP contribution in [-0.2, 0) is 6.42 Å². The summed E-state index contributed by atoms with van der Waals surface area (Å²) in [6.45, 7) is 0.674. The number of benzene rings is 1. The van der Waals surface area contributed by atoms with Crippen LogP contribution in [0.5, 0.6) is 0 Å². The first-order chi connectivity index (χ1) is 9.75. The topological polar surface area (TPSA) is 29.1 Å². The molecule has 0 saturated heterocycles. The molecule has 1 N–H and O–H groups in total. The summed E-state index contributed by atoms with van der Waals surface area (Å²) in [6.07, 6.45) is 0.873. The van der Waals surface area contributed by atoms with Crippen molar-refractivity contribution in [1.29, 1.82) is 0 Å². The van der Waals surface area contributed by atoms with E-state index in [0.717, 1.165) is 14.9 Å². The molecule has 0 atom stereocenters. The molecule has 102 valence electrons. The largest absolute Gasteiger partial charge is 0.351 e. The highest BCUT2D eigenvalue weighted by molar-refractivity contribution is 14.1. The molecule has 0 aliphatic rings. The molecule has 1 aromatic carbocycles. The van der Waals surface area contributed by atoms with E-state index in [1.807, 2.05) is 11.4 Å². The minimum absolute atomic E-state index is 0.0314. The molecular weight excluding hydrogens is 401 g/mol. The van der Waals surface area contributed by atoms with E-state index in [2.05, 4.69) is 57.6 Å². The van der Waals surface area contributed by atoms with E-state index in [0.29, 0.717) is 6.54 Å². The van der Waals surface area contributed by atoms with Gasteiger partial charge in [0.1, 0.15) is 4.88 Å². The lowest BCUT2D eigenvalue weighted by molar-refractivity contribution is 0.0957. The van der Waals surface area contributed by atoms with Crippen LogP contribution in [0.4, 0.5) is 0 Å². The van der Waals surface area contributed by atoms with Gasteiger partial charge in [-0.15, -0.1) is 22.7 Å². The third kappa shape index (κ3) is 2.89. The maximum atomic E-state index is 12.0. The summed E-state index contributed by atoms with van der Waals surface area (Å²) in [5.41, 5.74) is 1.31. The van der Waals surface area contributed by atoms with Gasteiger partial charge in [0.05, 0.1) is 0 Å². The Kier molecular flexibility index (Phi) is 4.38. The van der Waals surface area contributed by atoms with Crippen molar-refractivity contribution in [2.75, 3.05) is 6.54 Å². The summed E-state index contributed by atoms with van der Waals surface area (Å²) in [7, 11) is 0. The molecule has 0 aliphatic carbocycles. The van der Waals surface area contributed by atoms with Gasteiger partial charge in [0.2, 0.25) is 0 Å². The summed E-state index contributed by atoms with van der Waals surface area (Å²) >= 11 is 5.45. The zero-order chi connectivity index (χ0) is 13.9. The summed E-state index contributed by atoms with van der Waals surface area (Å²) in [6, 6.07) is 10.4. The number of rotatable bonds is 4. The molecule has 0 unspecified atom stereocenters. The number of amides is 1. The standard InChI is InChI=1S/C15H12INOS2/c16-12-6-8-19-14(12)15(18)17-7-5-10-9-20-13-4-2-1-3-11(10)13/h1-4,6,8-9H,5,7H2,(H,17,18). The van der Waals surface area contributed by atoms with E-state index in [-0.39, 0.29) is 5.91 Å². The number of carbonyl (C=O) groups excluding carboxylic acids is 1. The quantitative estimate of drug-likeness (QED) is 0.626. The molecule has 2 nitrogen and oxygen atoms in total. The average molecular weight is 413 g/mol. The monoisotopic (exact) mass is 413 g/mol. The Labute approximate surface area is 139 Å². The summed E-state index contributed by atoms with van der Waals surface area (Å²) in [5, 5.41) is 8.44. The van der Waals surface area contributed by atoms with Gasteiger partial charge in [0.25, 0.3) is 5.91 Å². The van der Waals surface area contributed by atoms with Crippen LogP contribution in [0.15, 0.2) is 41.1 Å². The molecule has 0 spiro atoms. The van der Waals surface area contributed by atoms with Gasteiger partial charge in [-0.05, 0) is 62.9 Å². The van der Waals surface area contributed by atoms with Gasteiger partial charge in [-0.3, -0.25) is 4.79 Å². The Bertz CT molecular complexity index is 747. The molecule has 3 rings (SSSR count). The highest BCUT2D eigenvalue weighted by Crippen LogP contribution is 2.25. The summed E-state index contributed by atoms with van der Waals surface area (Å²) in [5.74, 6) is 0.0314. The second-order valence-corrected chi connectivity index (χ2v) is 7.35. The van der Waals surface area contributed by atoms with Crippen molar-refractivity contribution < 1.29 is 4.79 Å². The van der Waals surface area contributed by atoms with Crippen molar-refractivity contribution in [2.24, 2.45) is 0 Å². The van der Waals surface area contributed by atoms with Gasteiger partial charge < -0.3 is 5.32 Å². The Morgan fingerprint density at radius 3 is 2.85 bits per heavy atom. The van der Waals surface area contributed by atoms with Crippen LogP contribution >= 0.6 is 45.3 Å². The molecule has 3 aromatic rings. The number of halogens is 1. The predicted octanol–water partition coefficient (Wildman–Crippen LogP) is 4.54. The fourth-order valence-corrected chi connectivity index (χ4v) is 4.82. The van der Waals surface area contributed by atoms with Crippen LogP contribution in [0.25, 0.3) is 10.1 Å². The molecule has 5 heteroatoms. The number of hydrogen-bond donors (Lipinski definition) is 1. The van der Waals surface area contributed by atoms with E-state index < -0.39 is 0 Å². The van der Waals surface area contributed by atoms with Crippen molar-refractivity contribution in [3.63, 3.8) is 0 Å². The number of hydrogen-bond acceptors (Lipinski definition) is 3. The normalized spacial score (nSPS) is 10.8. The second-order valence-electron chi connectivity index (χ2n) is 4.36. The Balaban J connectivity index is 1.63. The van der Waals surface area contributed by atoms with Crippen molar-refractivity contribution in [3.05, 3.63) is 55.1 Å². The molecule has 0 saturated carbocycles. The Morgan fingerprint density at radius 2 is 2.05 bits per heavy atom. The molecule has 0 fully saturated rings. The zero-order valence-electron chi connectivity index (χ0n) is 10.6. The molecule has 1 amide bonds. The molecule has 20 heavy (non-hydrogen) atoms. The van der Waals surface area contributed by atoms with E-state index >= 15 is 0 Å². The fraction of sp³-hybridized carbons (Fsp3) is 0.133. The molecule has 2 aromatic heterocycles. The molecule has 2 heterocycles. The van der Waals surface area contributed by atoms with Crippen molar-refractivity contribution in [3.8, 4) is 0 Å². The minimum Gasteiger partial charge on any atom is -0.351 e. The van der Waals surface area contributed by atoms with Crippen LogP contribution in [0.3, 0.4) is 0 Å². The Morgan fingerprint density at radius 1 is 1.20 bits per heavy atom. The fourth-order valence-electron chi connectivity index (χ4n) is 2.07. The molecule has 0 radical (unpaired) electrons. The van der Waals surface area contributed by atoms with Crippen LogP contribution in [-0.4, -0.2) is 12.5 Å². The van der Waals surface area contributed by atoms with E-state index in [4.69, 9.17) is 0 Å². The van der Waals surface area contributed by atoms with Crippen LogP contribution in [0.1, 0.15) is 15.2 Å². The first-order valence-corrected chi connectivity index (χ1v) is 9.06. The van der Waals surface area contributed by atoms with E-state index in [1.54, 1.807) is 11.3 Å². The second kappa shape index (κ2) is 6.24. The van der Waals surface area contributed by atoms with Gasteiger partial charge in [-0.2, -0.15) is 0 Å². The lowest BCUT2D eigenvalue weighted by Crippen LogP contribution is -2.25. The highest BCUT2D eigenvalue weighted by Gasteiger charge is 2.11. The van der Waals surface area contributed by atoms with Gasteiger partial charge in [-0.25, -0.2) is 0 Å². The number of nitrogens with one attached hydrogen (secondary N) is 1. The predicted molar refractivity (Wildman–Crippen MR) is 94.9 cm³/mol. The first kappa shape index (κ1) is 14.0. The van der Waals surface area contributed by atoms with Crippen LogP contribution in [0.2, 0.25) is 0 Å². The maximum Gasteiger partial charge on any atom is 0.262 e. The number of carbonyl (C=O) groups is 1. The highest BCUT2D eigenvalue weighted by atomic mass is 127. The number of thiophene rings is 2. The van der Waals surface area contributed by atoms with Gasteiger partial charge in [0.15, 0.2) is 0 Å². The lowest BCUT2D eigenvalue weighted by Gasteiger charge is -2.04. The third-order valence-electron chi connectivity index (χ3n) is 3.06. The SMILES string of the molecule is O=C(NCCc1csc2ccccc12)c1sccc1I. The van der Waals surface area contributed by atoms with Gasteiger partial charge in [-0.1, -0.05) is 18.2 Å². The smallest absolute Gasteiger partial charge is 0.262 e. The van der Waals surface area contributed by atoms with E-state index in [1.165, 1.54) is 27.0 Å². The van der Waals surface area contributed by atoms with Gasteiger partial charge in [0, 0.05) is 14.8 Å². The average Bonchev–Trinajstić information content (AvgIpc) is 3.05. The third-order valence-corrected chi connectivity index (χ3v) is 6.25. The first-order valence-electron chi connectivity index (χ1n) is 6.22. The van der Waals surface area contributed by atoms with Crippen LogP contribution < -0.4 is 5.32 Å². The zero-order valence-corrected chi connectivity index (χ0v) is 14.3. The Hall–Kier alpha value is -0.920. The molecule has 0 bridgehead atoms. The van der Waals surface area contributed by atoms with Crippen molar-refractivity contribution in [2.45, 2.75) is 6.42 Å².